The van der Waals surface area contributed by atoms with E-state index in [4.69, 9.17) is 14.9 Å². The maximum absolute atomic E-state index is 13.6. The first-order valence-electron chi connectivity index (χ1n) is 11.8. The van der Waals surface area contributed by atoms with Crippen LogP contribution in [0.5, 0.6) is 0 Å². The van der Waals surface area contributed by atoms with Crippen LogP contribution in [0.3, 0.4) is 0 Å². The molecule has 2 aromatic carbocycles. The Morgan fingerprint density at radius 3 is 2.33 bits per heavy atom. The Balaban J connectivity index is 1.55. The van der Waals surface area contributed by atoms with Crippen molar-refractivity contribution >= 4 is 5.97 Å². The van der Waals surface area contributed by atoms with Crippen molar-refractivity contribution < 1.29 is 19.0 Å². The van der Waals surface area contributed by atoms with Gasteiger partial charge in [-0.2, -0.15) is 5.10 Å². The summed E-state index contributed by atoms with van der Waals surface area (Å²) in [7, 11) is 0. The highest BCUT2D eigenvalue weighted by atomic mass is 19.1. The van der Waals surface area contributed by atoms with Gasteiger partial charge in [0, 0.05) is 23.4 Å². The SMILES string of the molecule is CCc1c(-c2ccccc2)c(-c2ccc(F)cc2)nn1CC1CCC(COCC(=O)O)CC1. The number of hydrogen-bond acceptors (Lipinski definition) is 3. The molecule has 1 fully saturated rings. The topological polar surface area (TPSA) is 64.4 Å². The van der Waals surface area contributed by atoms with E-state index in [2.05, 4.69) is 23.7 Å². The standard InChI is InChI=1S/C27H31FN2O3/c1-2-24-26(21-6-4-3-5-7-21)27(22-12-14-23(28)15-13-22)29-30(24)16-19-8-10-20(11-9-19)17-33-18-25(31)32/h3-7,12-15,19-20H,2,8-11,16-18H2,1H3,(H,31,32). The zero-order valence-corrected chi connectivity index (χ0v) is 19.0. The third-order valence-electron chi connectivity index (χ3n) is 6.55. The second-order valence-corrected chi connectivity index (χ2v) is 8.87. The molecule has 4 rings (SSSR count). The number of hydrogen-bond donors (Lipinski definition) is 1. The molecule has 0 unspecified atom stereocenters. The molecule has 1 saturated carbocycles. The lowest BCUT2D eigenvalue weighted by Gasteiger charge is -2.28. The van der Waals surface area contributed by atoms with E-state index in [1.54, 1.807) is 12.1 Å². The number of carboxylic acid groups (broad SMARTS) is 1. The quantitative estimate of drug-likeness (QED) is 0.446. The van der Waals surface area contributed by atoms with Crippen molar-refractivity contribution in [3.8, 4) is 22.4 Å². The molecular formula is C27H31FN2O3. The Morgan fingerprint density at radius 2 is 1.70 bits per heavy atom. The number of ether oxygens (including phenoxy) is 1. The first kappa shape index (κ1) is 23.2. The molecule has 1 heterocycles. The van der Waals surface area contributed by atoms with Gasteiger partial charge >= 0.3 is 5.97 Å². The lowest BCUT2D eigenvalue weighted by Crippen LogP contribution is -2.23. The van der Waals surface area contributed by atoms with Crippen LogP contribution in [0.1, 0.15) is 38.3 Å². The summed E-state index contributed by atoms with van der Waals surface area (Å²) < 4.78 is 21.0. The van der Waals surface area contributed by atoms with Crippen LogP contribution >= 0.6 is 0 Å². The van der Waals surface area contributed by atoms with Gasteiger partial charge in [-0.3, -0.25) is 4.68 Å². The Morgan fingerprint density at radius 1 is 1.03 bits per heavy atom. The molecule has 3 aromatic rings. The molecule has 0 amide bonds. The van der Waals surface area contributed by atoms with E-state index in [1.807, 2.05) is 18.2 Å². The lowest BCUT2D eigenvalue weighted by atomic mass is 9.82. The van der Waals surface area contributed by atoms with Gasteiger partial charge in [0.15, 0.2) is 0 Å². The van der Waals surface area contributed by atoms with Crippen LogP contribution in [0.2, 0.25) is 0 Å². The number of aromatic nitrogens is 2. The monoisotopic (exact) mass is 450 g/mol. The fourth-order valence-corrected chi connectivity index (χ4v) is 4.86. The van der Waals surface area contributed by atoms with Crippen LogP contribution in [0.4, 0.5) is 4.39 Å². The van der Waals surface area contributed by atoms with Crippen molar-refractivity contribution in [2.75, 3.05) is 13.2 Å². The number of nitrogens with zero attached hydrogens (tertiary/aromatic N) is 2. The molecule has 0 saturated heterocycles. The maximum atomic E-state index is 13.6. The smallest absolute Gasteiger partial charge is 0.329 e. The normalized spacial score (nSPS) is 18.4. The Bertz CT molecular complexity index is 1050. The second kappa shape index (κ2) is 10.8. The third-order valence-corrected chi connectivity index (χ3v) is 6.55. The highest BCUT2D eigenvalue weighted by Gasteiger charge is 2.25. The van der Waals surface area contributed by atoms with Gasteiger partial charge in [-0.05, 0) is 73.8 Å². The summed E-state index contributed by atoms with van der Waals surface area (Å²) in [6.07, 6.45) is 5.11. The zero-order chi connectivity index (χ0) is 23.2. The zero-order valence-electron chi connectivity index (χ0n) is 19.0. The lowest BCUT2D eigenvalue weighted by molar-refractivity contribution is -0.142. The number of aliphatic carboxylic acids is 1. The predicted molar refractivity (Wildman–Crippen MR) is 126 cm³/mol. The minimum Gasteiger partial charge on any atom is -0.480 e. The van der Waals surface area contributed by atoms with Crippen molar-refractivity contribution in [1.29, 1.82) is 0 Å². The van der Waals surface area contributed by atoms with E-state index in [0.29, 0.717) is 18.4 Å². The van der Waals surface area contributed by atoms with E-state index in [0.717, 1.165) is 61.0 Å². The van der Waals surface area contributed by atoms with Gasteiger partial charge in [-0.15, -0.1) is 0 Å². The molecule has 0 radical (unpaired) electrons. The maximum Gasteiger partial charge on any atom is 0.329 e. The molecule has 1 N–H and O–H groups in total. The molecule has 0 aliphatic heterocycles. The van der Waals surface area contributed by atoms with E-state index in [1.165, 1.54) is 17.8 Å². The van der Waals surface area contributed by atoms with Gasteiger partial charge in [0.1, 0.15) is 18.1 Å². The second-order valence-electron chi connectivity index (χ2n) is 8.87. The van der Waals surface area contributed by atoms with Crippen molar-refractivity contribution in [2.45, 2.75) is 45.6 Å². The molecule has 33 heavy (non-hydrogen) atoms. The van der Waals surface area contributed by atoms with E-state index in [-0.39, 0.29) is 12.4 Å². The average molecular weight is 451 g/mol. The molecule has 5 nitrogen and oxygen atoms in total. The Kier molecular flexibility index (Phi) is 7.55. The van der Waals surface area contributed by atoms with Crippen molar-refractivity contribution in [1.82, 2.24) is 9.78 Å². The minimum atomic E-state index is -0.916. The van der Waals surface area contributed by atoms with Crippen molar-refractivity contribution in [2.24, 2.45) is 11.8 Å². The van der Waals surface area contributed by atoms with Crippen LogP contribution in [0, 0.1) is 17.7 Å². The van der Waals surface area contributed by atoms with Crippen LogP contribution in [-0.4, -0.2) is 34.1 Å². The van der Waals surface area contributed by atoms with Crippen LogP contribution in [0.15, 0.2) is 54.6 Å². The highest BCUT2D eigenvalue weighted by molar-refractivity contribution is 5.82. The largest absolute Gasteiger partial charge is 0.480 e. The van der Waals surface area contributed by atoms with Gasteiger partial charge in [-0.25, -0.2) is 9.18 Å². The van der Waals surface area contributed by atoms with E-state index >= 15 is 0 Å². The minimum absolute atomic E-state index is 0.221. The number of halogens is 1. The molecule has 0 atom stereocenters. The summed E-state index contributed by atoms with van der Waals surface area (Å²) in [4.78, 5) is 10.7. The number of carbonyl (C=O) groups is 1. The molecule has 0 spiro atoms. The predicted octanol–water partition coefficient (Wildman–Crippen LogP) is 5.83. The fourth-order valence-electron chi connectivity index (χ4n) is 4.86. The molecule has 1 aromatic heterocycles. The molecule has 174 valence electrons. The average Bonchev–Trinajstić information content (AvgIpc) is 3.19. The van der Waals surface area contributed by atoms with Gasteiger partial charge in [0.25, 0.3) is 0 Å². The fraction of sp³-hybridized carbons (Fsp3) is 0.407. The Hall–Kier alpha value is -2.99. The summed E-state index contributed by atoms with van der Waals surface area (Å²) in [5, 5.41) is 13.8. The number of benzene rings is 2. The summed E-state index contributed by atoms with van der Waals surface area (Å²) in [5.41, 5.74) is 5.27. The van der Waals surface area contributed by atoms with Gasteiger partial charge in [0.2, 0.25) is 0 Å². The molecule has 0 bridgehead atoms. The van der Waals surface area contributed by atoms with Crippen molar-refractivity contribution in [3.05, 3.63) is 66.1 Å². The van der Waals surface area contributed by atoms with Gasteiger partial charge < -0.3 is 9.84 Å². The summed E-state index contributed by atoms with van der Waals surface area (Å²) in [6.45, 7) is 3.31. The van der Waals surface area contributed by atoms with Gasteiger partial charge in [-0.1, -0.05) is 37.3 Å². The first-order chi connectivity index (χ1) is 16.0. The molecular weight excluding hydrogens is 419 g/mol. The third kappa shape index (κ3) is 5.69. The first-order valence-corrected chi connectivity index (χ1v) is 11.8. The highest BCUT2D eigenvalue weighted by Crippen LogP contribution is 2.37. The van der Waals surface area contributed by atoms with Gasteiger partial charge in [0.05, 0.1) is 6.61 Å². The van der Waals surface area contributed by atoms with E-state index < -0.39 is 5.97 Å². The molecule has 6 heteroatoms. The summed E-state index contributed by atoms with van der Waals surface area (Å²) in [5.74, 6) is -0.214. The molecule has 1 aliphatic rings. The summed E-state index contributed by atoms with van der Waals surface area (Å²) in [6, 6.07) is 16.9. The molecule has 1 aliphatic carbocycles. The van der Waals surface area contributed by atoms with Crippen LogP contribution < -0.4 is 0 Å². The van der Waals surface area contributed by atoms with E-state index in [9.17, 15) is 9.18 Å². The number of carboxylic acids is 1. The van der Waals surface area contributed by atoms with Crippen LogP contribution in [0.25, 0.3) is 22.4 Å². The number of rotatable bonds is 9. The van der Waals surface area contributed by atoms with Crippen LogP contribution in [-0.2, 0) is 22.5 Å². The summed E-state index contributed by atoms with van der Waals surface area (Å²) >= 11 is 0. The van der Waals surface area contributed by atoms with Crippen molar-refractivity contribution in [3.63, 3.8) is 0 Å². The Labute approximate surface area is 194 Å².